The van der Waals surface area contributed by atoms with Gasteiger partial charge in [0.05, 0.1) is 17.6 Å². The predicted octanol–water partition coefficient (Wildman–Crippen LogP) is 1.46. The standard InChI is InChI=1S/C12H12N4O/c1-16-5-4-13-12(16)11-14-9-3-2-8(7-17)6-10(9)15-11/h2-6,17H,7H2,1H3,(H,14,15). The Balaban J connectivity index is 2.17. The zero-order valence-corrected chi connectivity index (χ0v) is 9.38. The lowest BCUT2D eigenvalue weighted by Gasteiger charge is -1.95. The number of aromatic nitrogens is 4. The monoisotopic (exact) mass is 228 g/mol. The minimum Gasteiger partial charge on any atom is -0.392 e. The molecule has 2 N–H and O–H groups in total. The van der Waals surface area contributed by atoms with Crippen LogP contribution in [0.1, 0.15) is 5.56 Å². The number of aromatic amines is 1. The lowest BCUT2D eigenvalue weighted by atomic mass is 10.2. The molecule has 17 heavy (non-hydrogen) atoms. The van der Waals surface area contributed by atoms with E-state index in [1.165, 1.54) is 0 Å². The highest BCUT2D eigenvalue weighted by Gasteiger charge is 2.09. The van der Waals surface area contributed by atoms with Crippen LogP contribution in [0, 0.1) is 0 Å². The van der Waals surface area contributed by atoms with Crippen molar-refractivity contribution >= 4 is 11.0 Å². The molecule has 86 valence electrons. The highest BCUT2D eigenvalue weighted by atomic mass is 16.3. The third-order valence-electron chi connectivity index (χ3n) is 2.76. The van der Waals surface area contributed by atoms with Crippen LogP contribution in [0.2, 0.25) is 0 Å². The summed E-state index contributed by atoms with van der Waals surface area (Å²) >= 11 is 0. The maximum atomic E-state index is 9.08. The highest BCUT2D eigenvalue weighted by Crippen LogP contribution is 2.19. The van der Waals surface area contributed by atoms with Crippen LogP contribution in [0.15, 0.2) is 30.6 Å². The van der Waals surface area contributed by atoms with Crippen molar-refractivity contribution in [3.63, 3.8) is 0 Å². The van der Waals surface area contributed by atoms with Gasteiger partial charge in [0.25, 0.3) is 0 Å². The zero-order chi connectivity index (χ0) is 11.8. The molecule has 0 amide bonds. The van der Waals surface area contributed by atoms with Gasteiger partial charge in [-0.2, -0.15) is 0 Å². The fourth-order valence-electron chi connectivity index (χ4n) is 1.85. The van der Waals surface area contributed by atoms with Crippen LogP contribution in [0.3, 0.4) is 0 Å². The van der Waals surface area contributed by atoms with Gasteiger partial charge in [-0.3, -0.25) is 0 Å². The first-order valence-electron chi connectivity index (χ1n) is 5.35. The number of benzene rings is 1. The van der Waals surface area contributed by atoms with Crippen LogP contribution in [0.25, 0.3) is 22.7 Å². The van der Waals surface area contributed by atoms with E-state index in [-0.39, 0.29) is 6.61 Å². The van der Waals surface area contributed by atoms with E-state index < -0.39 is 0 Å². The molecule has 0 radical (unpaired) electrons. The van der Waals surface area contributed by atoms with E-state index in [2.05, 4.69) is 15.0 Å². The molecule has 5 heteroatoms. The summed E-state index contributed by atoms with van der Waals surface area (Å²) in [4.78, 5) is 11.9. The van der Waals surface area contributed by atoms with Crippen molar-refractivity contribution in [2.75, 3.05) is 0 Å². The Kier molecular flexibility index (Phi) is 2.19. The molecule has 0 bridgehead atoms. The average molecular weight is 228 g/mol. The van der Waals surface area contributed by atoms with Gasteiger partial charge in [0.1, 0.15) is 0 Å². The predicted molar refractivity (Wildman–Crippen MR) is 64.2 cm³/mol. The summed E-state index contributed by atoms with van der Waals surface area (Å²) in [5.41, 5.74) is 2.65. The van der Waals surface area contributed by atoms with E-state index >= 15 is 0 Å². The number of nitrogens with one attached hydrogen (secondary N) is 1. The van der Waals surface area contributed by atoms with E-state index in [0.717, 1.165) is 28.2 Å². The van der Waals surface area contributed by atoms with Gasteiger partial charge in [-0.1, -0.05) is 6.07 Å². The molecule has 0 aliphatic rings. The second-order valence-corrected chi connectivity index (χ2v) is 3.96. The summed E-state index contributed by atoms with van der Waals surface area (Å²) in [6, 6.07) is 5.66. The second kappa shape index (κ2) is 3.71. The number of rotatable bonds is 2. The molecule has 0 aliphatic carbocycles. The fourth-order valence-corrected chi connectivity index (χ4v) is 1.85. The van der Waals surface area contributed by atoms with E-state index in [0.29, 0.717) is 0 Å². The molecule has 2 aromatic heterocycles. The first-order valence-corrected chi connectivity index (χ1v) is 5.35. The first-order chi connectivity index (χ1) is 8.28. The SMILES string of the molecule is Cn1ccnc1-c1nc2ccc(CO)cc2[nH]1. The van der Waals surface area contributed by atoms with E-state index in [1.54, 1.807) is 6.20 Å². The summed E-state index contributed by atoms with van der Waals surface area (Å²) in [7, 11) is 1.93. The Morgan fingerprint density at radius 3 is 3.00 bits per heavy atom. The molecule has 0 atom stereocenters. The van der Waals surface area contributed by atoms with Crippen molar-refractivity contribution in [1.82, 2.24) is 19.5 Å². The number of aryl methyl sites for hydroxylation is 1. The third kappa shape index (κ3) is 1.60. The van der Waals surface area contributed by atoms with E-state index in [9.17, 15) is 0 Å². The first kappa shape index (κ1) is 10.0. The van der Waals surface area contributed by atoms with Gasteiger partial charge in [-0.05, 0) is 17.7 Å². The van der Waals surface area contributed by atoms with Crippen LogP contribution in [-0.2, 0) is 13.7 Å². The largest absolute Gasteiger partial charge is 0.392 e. The minimum absolute atomic E-state index is 0.0344. The van der Waals surface area contributed by atoms with Gasteiger partial charge in [-0.25, -0.2) is 9.97 Å². The van der Waals surface area contributed by atoms with Crippen LogP contribution < -0.4 is 0 Å². The van der Waals surface area contributed by atoms with Crippen molar-refractivity contribution < 1.29 is 5.11 Å². The Hall–Kier alpha value is -2.14. The van der Waals surface area contributed by atoms with E-state index in [4.69, 9.17) is 5.11 Å². The molecule has 3 aromatic rings. The number of fused-ring (bicyclic) bond motifs is 1. The number of hydrogen-bond acceptors (Lipinski definition) is 3. The summed E-state index contributed by atoms with van der Waals surface area (Å²) in [5.74, 6) is 1.54. The Morgan fingerprint density at radius 1 is 1.41 bits per heavy atom. The third-order valence-corrected chi connectivity index (χ3v) is 2.76. The maximum absolute atomic E-state index is 9.08. The van der Waals surface area contributed by atoms with Crippen molar-refractivity contribution in [3.05, 3.63) is 36.2 Å². The zero-order valence-electron chi connectivity index (χ0n) is 9.38. The summed E-state index contributed by atoms with van der Waals surface area (Å²) in [6.07, 6.45) is 3.61. The Bertz CT molecular complexity index is 668. The maximum Gasteiger partial charge on any atom is 0.175 e. The molecule has 0 unspecified atom stereocenters. The molecule has 0 spiro atoms. The topological polar surface area (TPSA) is 66.7 Å². The second-order valence-electron chi connectivity index (χ2n) is 3.96. The van der Waals surface area contributed by atoms with Gasteiger partial charge in [0, 0.05) is 19.4 Å². The Morgan fingerprint density at radius 2 is 2.29 bits per heavy atom. The number of hydrogen-bond donors (Lipinski definition) is 2. The van der Waals surface area contributed by atoms with Crippen LogP contribution >= 0.6 is 0 Å². The summed E-state index contributed by atoms with van der Waals surface area (Å²) in [5, 5.41) is 9.08. The van der Waals surface area contributed by atoms with E-state index in [1.807, 2.05) is 36.0 Å². The van der Waals surface area contributed by atoms with Gasteiger partial charge in [0.15, 0.2) is 11.6 Å². The van der Waals surface area contributed by atoms with Gasteiger partial charge in [0.2, 0.25) is 0 Å². The van der Waals surface area contributed by atoms with Crippen molar-refractivity contribution in [3.8, 4) is 11.6 Å². The molecule has 5 nitrogen and oxygen atoms in total. The molecule has 0 aliphatic heterocycles. The number of aliphatic hydroxyl groups excluding tert-OH is 1. The quantitative estimate of drug-likeness (QED) is 0.697. The number of imidazole rings is 2. The average Bonchev–Trinajstić information content (AvgIpc) is 2.93. The molecular formula is C12H12N4O. The Labute approximate surface area is 97.8 Å². The molecule has 0 fully saturated rings. The van der Waals surface area contributed by atoms with Crippen molar-refractivity contribution in [2.45, 2.75) is 6.61 Å². The van der Waals surface area contributed by atoms with Crippen LogP contribution in [0.4, 0.5) is 0 Å². The lowest BCUT2D eigenvalue weighted by molar-refractivity contribution is 0.282. The molecule has 0 saturated carbocycles. The summed E-state index contributed by atoms with van der Waals surface area (Å²) in [6.45, 7) is 0.0344. The van der Waals surface area contributed by atoms with Crippen LogP contribution in [-0.4, -0.2) is 24.6 Å². The number of H-pyrrole nitrogens is 1. The highest BCUT2D eigenvalue weighted by molar-refractivity contribution is 5.79. The van der Waals surface area contributed by atoms with Gasteiger partial charge >= 0.3 is 0 Å². The molecule has 0 saturated heterocycles. The van der Waals surface area contributed by atoms with Crippen molar-refractivity contribution in [1.29, 1.82) is 0 Å². The minimum atomic E-state index is 0.0344. The van der Waals surface area contributed by atoms with Crippen LogP contribution in [0.5, 0.6) is 0 Å². The fraction of sp³-hybridized carbons (Fsp3) is 0.167. The molecule has 2 heterocycles. The number of nitrogens with zero attached hydrogens (tertiary/aromatic N) is 3. The smallest absolute Gasteiger partial charge is 0.175 e. The van der Waals surface area contributed by atoms with Gasteiger partial charge in [-0.15, -0.1) is 0 Å². The number of aliphatic hydroxyl groups is 1. The van der Waals surface area contributed by atoms with Gasteiger partial charge < -0.3 is 14.7 Å². The summed E-state index contributed by atoms with van der Waals surface area (Å²) < 4.78 is 1.91. The molecule has 1 aromatic carbocycles. The lowest BCUT2D eigenvalue weighted by Crippen LogP contribution is -1.92. The molecule has 3 rings (SSSR count). The molecular weight excluding hydrogens is 216 g/mol. The normalized spacial score (nSPS) is 11.2. The van der Waals surface area contributed by atoms with Crippen molar-refractivity contribution in [2.24, 2.45) is 7.05 Å².